The van der Waals surface area contributed by atoms with Crippen LogP contribution in [0.25, 0.3) is 10.2 Å². The summed E-state index contributed by atoms with van der Waals surface area (Å²) in [5, 5.41) is 9.39. The first kappa shape index (κ1) is 23.5. The van der Waals surface area contributed by atoms with Crippen LogP contribution in [0.15, 0.2) is 49.5 Å². The minimum atomic E-state index is 0. The predicted octanol–water partition coefficient (Wildman–Crippen LogP) is 5.55. The Kier molecular flexibility index (Phi) is 10.2. The first-order valence-corrected chi connectivity index (χ1v) is 10.1. The molecule has 26 heavy (non-hydrogen) atoms. The van der Waals surface area contributed by atoms with Crippen molar-refractivity contribution in [3.05, 3.63) is 60.4 Å². The lowest BCUT2D eigenvalue weighted by molar-refractivity contribution is 0.662. The van der Waals surface area contributed by atoms with E-state index in [1.54, 1.807) is 17.4 Å². The summed E-state index contributed by atoms with van der Waals surface area (Å²) in [6, 6.07) is 9.72. The second-order valence-electron chi connectivity index (χ2n) is 5.45. The molecule has 0 radical (unpaired) electrons. The average Bonchev–Trinajstić information content (AvgIpc) is 2.99. The molecule has 4 nitrogen and oxygen atoms in total. The fraction of sp³-hybridized carbons (Fsp3) is 0.235. The van der Waals surface area contributed by atoms with Crippen LogP contribution in [0.5, 0.6) is 0 Å². The number of H-pyrrole nitrogens is 1. The Labute approximate surface area is 185 Å². The molecule has 0 atom stereocenters. The Morgan fingerprint density at radius 3 is 2.50 bits per heavy atom. The maximum atomic E-state index is 11.9. The van der Waals surface area contributed by atoms with Crippen LogP contribution in [0.1, 0.15) is 12.0 Å². The fourth-order valence-electron chi connectivity index (χ4n) is 2.44. The van der Waals surface area contributed by atoms with E-state index in [1.165, 1.54) is 5.56 Å². The van der Waals surface area contributed by atoms with Gasteiger partial charge in [-0.3, -0.25) is 4.79 Å². The van der Waals surface area contributed by atoms with Crippen LogP contribution in [0.2, 0.25) is 0 Å². The van der Waals surface area contributed by atoms with Gasteiger partial charge in [-0.25, -0.2) is 0 Å². The van der Waals surface area contributed by atoms with Crippen molar-refractivity contribution in [2.24, 2.45) is 0 Å². The van der Waals surface area contributed by atoms with E-state index < -0.39 is 0 Å². The van der Waals surface area contributed by atoms with E-state index in [9.17, 15) is 4.79 Å². The van der Waals surface area contributed by atoms with Crippen LogP contribution in [-0.2, 0) is 6.54 Å². The van der Waals surface area contributed by atoms with Crippen molar-refractivity contribution in [2.45, 2.75) is 13.0 Å². The highest BCUT2D eigenvalue weighted by molar-refractivity contribution is 9.11. The number of halogens is 4. The number of hydrogen-bond donors (Lipinski definition) is 3. The second-order valence-corrected chi connectivity index (χ2v) is 8.19. The molecule has 9 heteroatoms. The molecule has 0 aliphatic heterocycles. The molecular formula is C17H19Br2Cl2N3OS. The molecule has 0 aliphatic carbocycles. The minimum Gasteiger partial charge on any atom is -0.371 e. The Morgan fingerprint density at radius 1 is 1.04 bits per heavy atom. The third kappa shape index (κ3) is 6.55. The third-order valence-corrected chi connectivity index (χ3v) is 5.30. The first-order chi connectivity index (χ1) is 11.6. The van der Waals surface area contributed by atoms with Crippen LogP contribution in [-0.4, -0.2) is 18.1 Å². The van der Waals surface area contributed by atoms with Crippen molar-refractivity contribution in [1.82, 2.24) is 10.3 Å². The molecule has 0 spiro atoms. The molecule has 3 rings (SSSR count). The zero-order valence-electron chi connectivity index (χ0n) is 13.7. The Balaban J connectivity index is 0.00000169. The minimum absolute atomic E-state index is 0. The van der Waals surface area contributed by atoms with Crippen LogP contribution >= 0.6 is 68.0 Å². The maximum Gasteiger partial charge on any atom is 0.192 e. The molecule has 1 aromatic carbocycles. The molecule has 0 saturated carbocycles. The standard InChI is InChI=1S/C17H17Br2N3OS.2ClH/c18-12-6-11(7-13(19)8-12)10-20-3-1-4-21-16-9-15(23)14-2-5-24-17(14)22-16;;/h2,5-9,20H,1,3-4,10H2,(H2,21,22,23);2*1H. The molecule has 3 aromatic rings. The summed E-state index contributed by atoms with van der Waals surface area (Å²) in [6.45, 7) is 2.54. The number of benzene rings is 1. The second kappa shape index (κ2) is 11.3. The van der Waals surface area contributed by atoms with E-state index in [4.69, 9.17) is 0 Å². The Bertz CT molecular complexity index is 881. The van der Waals surface area contributed by atoms with Gasteiger partial charge in [0.15, 0.2) is 5.43 Å². The van der Waals surface area contributed by atoms with Gasteiger partial charge in [-0.15, -0.1) is 36.2 Å². The van der Waals surface area contributed by atoms with E-state index in [2.05, 4.69) is 59.6 Å². The van der Waals surface area contributed by atoms with Crippen molar-refractivity contribution >= 4 is 84.0 Å². The number of pyridine rings is 1. The number of rotatable bonds is 7. The Hall–Kier alpha value is -0.570. The number of aromatic amines is 1. The number of aromatic nitrogens is 1. The molecule has 2 aromatic heterocycles. The van der Waals surface area contributed by atoms with Gasteiger partial charge in [0.1, 0.15) is 10.6 Å². The number of fused-ring (bicyclic) bond motifs is 1. The number of nitrogens with one attached hydrogen (secondary N) is 3. The normalized spacial score (nSPS) is 10.2. The molecule has 0 fully saturated rings. The molecule has 0 amide bonds. The smallest absolute Gasteiger partial charge is 0.192 e. The molecule has 2 heterocycles. The summed E-state index contributed by atoms with van der Waals surface area (Å²) < 4.78 is 2.14. The van der Waals surface area contributed by atoms with Gasteiger partial charge in [-0.1, -0.05) is 31.9 Å². The quantitative estimate of drug-likeness (QED) is 0.342. The predicted molar refractivity (Wildman–Crippen MR) is 124 cm³/mol. The Morgan fingerprint density at radius 2 is 1.77 bits per heavy atom. The van der Waals surface area contributed by atoms with Gasteiger partial charge in [-0.05, 0) is 48.2 Å². The topological polar surface area (TPSA) is 56.9 Å². The lowest BCUT2D eigenvalue weighted by Crippen LogP contribution is -2.18. The number of thiophene rings is 1. The van der Waals surface area contributed by atoms with Gasteiger partial charge in [0.2, 0.25) is 0 Å². The van der Waals surface area contributed by atoms with Gasteiger partial charge in [0.05, 0.1) is 5.39 Å². The fourth-order valence-corrected chi connectivity index (χ4v) is 4.64. The van der Waals surface area contributed by atoms with Gasteiger partial charge < -0.3 is 15.6 Å². The highest BCUT2D eigenvalue weighted by atomic mass is 79.9. The molecule has 0 unspecified atom stereocenters. The largest absolute Gasteiger partial charge is 0.371 e. The van der Waals surface area contributed by atoms with E-state index in [-0.39, 0.29) is 30.2 Å². The van der Waals surface area contributed by atoms with Crippen molar-refractivity contribution in [3.63, 3.8) is 0 Å². The maximum absolute atomic E-state index is 11.9. The number of hydrogen-bond acceptors (Lipinski definition) is 4. The zero-order chi connectivity index (χ0) is 16.9. The van der Waals surface area contributed by atoms with Gasteiger partial charge in [0.25, 0.3) is 0 Å². The van der Waals surface area contributed by atoms with E-state index in [0.29, 0.717) is 0 Å². The third-order valence-electron chi connectivity index (χ3n) is 3.55. The summed E-state index contributed by atoms with van der Waals surface area (Å²) in [5.41, 5.74) is 1.29. The monoisotopic (exact) mass is 541 g/mol. The SMILES string of the molecule is Cl.Cl.O=c1cc(NCCCNCc2cc(Br)cc(Br)c2)[nH]c2sccc12. The summed E-state index contributed by atoms with van der Waals surface area (Å²) >= 11 is 8.54. The van der Waals surface area contributed by atoms with Crippen molar-refractivity contribution in [2.75, 3.05) is 18.4 Å². The average molecular weight is 544 g/mol. The number of anilines is 1. The van der Waals surface area contributed by atoms with Crippen LogP contribution < -0.4 is 16.1 Å². The van der Waals surface area contributed by atoms with Gasteiger partial charge >= 0.3 is 0 Å². The lowest BCUT2D eigenvalue weighted by atomic mass is 10.2. The van der Waals surface area contributed by atoms with E-state index >= 15 is 0 Å². The molecule has 142 valence electrons. The van der Waals surface area contributed by atoms with Gasteiger partial charge in [-0.2, -0.15) is 0 Å². The van der Waals surface area contributed by atoms with E-state index in [1.807, 2.05) is 17.5 Å². The van der Waals surface area contributed by atoms with Crippen LogP contribution in [0.3, 0.4) is 0 Å². The lowest BCUT2D eigenvalue weighted by Gasteiger charge is -2.08. The summed E-state index contributed by atoms with van der Waals surface area (Å²) in [6.07, 6.45) is 0.972. The molecule has 0 aliphatic rings. The van der Waals surface area contributed by atoms with Crippen LogP contribution in [0.4, 0.5) is 5.82 Å². The molecular weight excluding hydrogens is 525 g/mol. The molecule has 3 N–H and O–H groups in total. The van der Waals surface area contributed by atoms with Crippen molar-refractivity contribution < 1.29 is 0 Å². The first-order valence-electron chi connectivity index (χ1n) is 7.62. The van der Waals surface area contributed by atoms with E-state index in [0.717, 1.165) is 51.0 Å². The zero-order valence-corrected chi connectivity index (χ0v) is 19.3. The van der Waals surface area contributed by atoms with Crippen molar-refractivity contribution in [3.8, 4) is 0 Å². The van der Waals surface area contributed by atoms with Crippen molar-refractivity contribution in [1.29, 1.82) is 0 Å². The molecule has 0 saturated heterocycles. The highest BCUT2D eigenvalue weighted by Crippen LogP contribution is 2.20. The summed E-state index contributed by atoms with van der Waals surface area (Å²) in [4.78, 5) is 16.1. The summed E-state index contributed by atoms with van der Waals surface area (Å²) in [7, 11) is 0. The van der Waals surface area contributed by atoms with Crippen LogP contribution in [0, 0.1) is 0 Å². The molecule has 0 bridgehead atoms. The highest BCUT2D eigenvalue weighted by Gasteiger charge is 2.02. The summed E-state index contributed by atoms with van der Waals surface area (Å²) in [5.74, 6) is 0.783. The van der Waals surface area contributed by atoms with Gasteiger partial charge in [0, 0.05) is 28.1 Å².